The maximum atomic E-state index is 12.4. The third-order valence-corrected chi connectivity index (χ3v) is 4.99. The lowest BCUT2D eigenvalue weighted by Crippen LogP contribution is -2.41. The van der Waals surface area contributed by atoms with E-state index in [1.54, 1.807) is 13.8 Å². The van der Waals surface area contributed by atoms with E-state index in [2.05, 4.69) is 4.72 Å². The Morgan fingerprint density at radius 2 is 1.95 bits per heavy atom. The fourth-order valence-corrected chi connectivity index (χ4v) is 3.75. The Morgan fingerprint density at radius 3 is 2.38 bits per heavy atom. The minimum Gasteiger partial charge on any atom is -0.478 e. The number of hydrogen-bond acceptors (Lipinski definition) is 4. The van der Waals surface area contributed by atoms with Gasteiger partial charge in [-0.2, -0.15) is 0 Å². The third-order valence-electron chi connectivity index (χ3n) is 3.15. The molecular weight excluding hydrogens is 318 g/mol. The highest BCUT2D eigenvalue weighted by Gasteiger charge is 2.26. The lowest BCUT2D eigenvalue weighted by molar-refractivity contribution is 0.0695. The maximum Gasteiger partial charge on any atom is 0.336 e. The van der Waals surface area contributed by atoms with Gasteiger partial charge in [0.15, 0.2) is 0 Å². The molecule has 1 unspecified atom stereocenters. The fraction of sp³-hybridized carbons (Fsp3) is 0.462. The zero-order valence-corrected chi connectivity index (χ0v) is 13.5. The number of carbonyl (C=O) groups is 1. The first-order valence-electron chi connectivity index (χ1n) is 6.26. The van der Waals surface area contributed by atoms with Crippen LogP contribution in [0, 0.1) is 12.8 Å². The summed E-state index contributed by atoms with van der Waals surface area (Å²) in [6.07, 6.45) is 0. The molecule has 0 radical (unpaired) electrons. The van der Waals surface area contributed by atoms with Gasteiger partial charge in [0.05, 0.1) is 17.1 Å². The number of carboxylic acid groups (broad SMARTS) is 1. The van der Waals surface area contributed by atoms with Gasteiger partial charge in [0.1, 0.15) is 0 Å². The quantitative estimate of drug-likeness (QED) is 0.733. The zero-order valence-electron chi connectivity index (χ0n) is 11.9. The predicted molar refractivity (Wildman–Crippen MR) is 79.2 cm³/mol. The fourth-order valence-electron chi connectivity index (χ4n) is 1.80. The Labute approximate surface area is 128 Å². The summed E-state index contributed by atoms with van der Waals surface area (Å²) in [5.74, 6) is -1.38. The average molecular weight is 336 g/mol. The minimum absolute atomic E-state index is 0.0171. The van der Waals surface area contributed by atoms with Crippen molar-refractivity contribution >= 4 is 27.6 Å². The second-order valence-corrected chi connectivity index (χ2v) is 7.15. The maximum absolute atomic E-state index is 12.4. The van der Waals surface area contributed by atoms with Crippen LogP contribution in [0.2, 0.25) is 5.02 Å². The van der Waals surface area contributed by atoms with Crippen molar-refractivity contribution in [2.75, 3.05) is 6.61 Å². The molecule has 0 fully saturated rings. The van der Waals surface area contributed by atoms with Crippen molar-refractivity contribution in [1.82, 2.24) is 4.72 Å². The van der Waals surface area contributed by atoms with Crippen LogP contribution in [0.15, 0.2) is 17.0 Å². The topological polar surface area (TPSA) is 104 Å². The van der Waals surface area contributed by atoms with Crippen molar-refractivity contribution in [3.63, 3.8) is 0 Å². The van der Waals surface area contributed by atoms with Gasteiger partial charge in [0.2, 0.25) is 10.0 Å². The number of halogens is 1. The number of hydrogen-bond donors (Lipinski definition) is 3. The molecule has 1 aromatic rings. The van der Waals surface area contributed by atoms with Crippen molar-refractivity contribution in [3.8, 4) is 0 Å². The summed E-state index contributed by atoms with van der Waals surface area (Å²) in [6, 6.07) is 1.73. The second kappa shape index (κ2) is 6.74. The number of aliphatic hydroxyl groups is 1. The molecular formula is C13H18ClNO5S. The molecule has 0 saturated heterocycles. The molecule has 1 rings (SSSR count). The first kappa shape index (κ1) is 17.9. The smallest absolute Gasteiger partial charge is 0.336 e. The van der Waals surface area contributed by atoms with E-state index in [0.717, 1.165) is 0 Å². The molecule has 0 aliphatic carbocycles. The highest BCUT2D eigenvalue weighted by molar-refractivity contribution is 7.89. The van der Waals surface area contributed by atoms with Crippen LogP contribution >= 0.6 is 11.6 Å². The molecule has 1 aromatic carbocycles. The number of sulfonamides is 1. The standard InChI is InChI=1S/C13H18ClNO5S/c1-7(2)11(6-16)15-21(19,20)12-5-9(14)4-10(8(12)3)13(17)18/h4-5,7,11,15-16H,6H2,1-3H3,(H,17,18). The molecule has 118 valence electrons. The Balaban J connectivity index is 3.35. The van der Waals surface area contributed by atoms with E-state index >= 15 is 0 Å². The van der Waals surface area contributed by atoms with Crippen LogP contribution in [0.3, 0.4) is 0 Å². The lowest BCUT2D eigenvalue weighted by atomic mass is 10.1. The van der Waals surface area contributed by atoms with Gasteiger partial charge in [0.25, 0.3) is 0 Å². The Kier molecular flexibility index (Phi) is 5.75. The van der Waals surface area contributed by atoms with Crippen LogP contribution in [-0.2, 0) is 10.0 Å². The first-order chi connectivity index (χ1) is 9.60. The molecule has 6 nitrogen and oxygen atoms in total. The van der Waals surface area contributed by atoms with Gasteiger partial charge in [-0.3, -0.25) is 0 Å². The average Bonchev–Trinajstić information content (AvgIpc) is 2.37. The van der Waals surface area contributed by atoms with E-state index in [-0.39, 0.29) is 33.6 Å². The van der Waals surface area contributed by atoms with Gasteiger partial charge >= 0.3 is 5.97 Å². The molecule has 0 bridgehead atoms. The van der Waals surface area contributed by atoms with Crippen LogP contribution in [-0.4, -0.2) is 37.2 Å². The summed E-state index contributed by atoms with van der Waals surface area (Å²) >= 11 is 5.80. The van der Waals surface area contributed by atoms with Crippen LogP contribution in [0.5, 0.6) is 0 Å². The molecule has 0 aliphatic rings. The van der Waals surface area contributed by atoms with E-state index in [4.69, 9.17) is 16.7 Å². The SMILES string of the molecule is Cc1c(C(=O)O)cc(Cl)cc1S(=O)(=O)NC(CO)C(C)C. The molecule has 0 aromatic heterocycles. The van der Waals surface area contributed by atoms with E-state index in [0.29, 0.717) is 0 Å². The summed E-state index contributed by atoms with van der Waals surface area (Å²) in [4.78, 5) is 10.9. The van der Waals surface area contributed by atoms with Crippen molar-refractivity contribution in [2.45, 2.75) is 31.7 Å². The molecule has 21 heavy (non-hydrogen) atoms. The van der Waals surface area contributed by atoms with Crippen LogP contribution in [0.4, 0.5) is 0 Å². The summed E-state index contributed by atoms with van der Waals surface area (Å²) in [5, 5.41) is 18.3. The third kappa shape index (κ3) is 4.16. The molecule has 1 atom stereocenters. The monoisotopic (exact) mass is 335 g/mol. The Morgan fingerprint density at radius 1 is 1.38 bits per heavy atom. The minimum atomic E-state index is -3.98. The van der Waals surface area contributed by atoms with Crippen LogP contribution in [0.25, 0.3) is 0 Å². The van der Waals surface area contributed by atoms with E-state index < -0.39 is 22.0 Å². The lowest BCUT2D eigenvalue weighted by Gasteiger charge is -2.21. The van der Waals surface area contributed by atoms with Gasteiger partial charge < -0.3 is 10.2 Å². The summed E-state index contributed by atoms with van der Waals surface area (Å²) in [6.45, 7) is 4.56. The van der Waals surface area contributed by atoms with Crippen molar-refractivity contribution < 1.29 is 23.4 Å². The van der Waals surface area contributed by atoms with E-state index in [1.807, 2.05) is 0 Å². The number of nitrogens with one attached hydrogen (secondary N) is 1. The molecule has 0 spiro atoms. The summed E-state index contributed by atoms with van der Waals surface area (Å²) in [7, 11) is -3.98. The number of carboxylic acids is 1. The van der Waals surface area contributed by atoms with Crippen LogP contribution < -0.4 is 4.72 Å². The van der Waals surface area contributed by atoms with E-state index in [1.165, 1.54) is 19.1 Å². The molecule has 0 amide bonds. The largest absolute Gasteiger partial charge is 0.478 e. The highest BCUT2D eigenvalue weighted by atomic mass is 35.5. The molecule has 8 heteroatoms. The summed E-state index contributed by atoms with van der Waals surface area (Å²) < 4.78 is 27.1. The molecule has 0 heterocycles. The van der Waals surface area contributed by atoms with Gasteiger partial charge in [-0.05, 0) is 30.5 Å². The normalized spacial score (nSPS) is 13.4. The summed E-state index contributed by atoms with van der Waals surface area (Å²) in [5.41, 5.74) is -0.0761. The first-order valence-corrected chi connectivity index (χ1v) is 8.13. The van der Waals surface area contributed by atoms with Crippen molar-refractivity contribution in [2.24, 2.45) is 5.92 Å². The van der Waals surface area contributed by atoms with Gasteiger partial charge in [-0.1, -0.05) is 25.4 Å². The number of aliphatic hydroxyl groups excluding tert-OH is 1. The zero-order chi connectivity index (χ0) is 16.4. The van der Waals surface area contributed by atoms with Crippen molar-refractivity contribution in [3.05, 3.63) is 28.3 Å². The second-order valence-electron chi connectivity index (χ2n) is 5.04. The number of benzene rings is 1. The Bertz CT molecular complexity index is 642. The van der Waals surface area contributed by atoms with Gasteiger partial charge in [-0.15, -0.1) is 0 Å². The van der Waals surface area contributed by atoms with Gasteiger partial charge in [0, 0.05) is 11.1 Å². The Hall–Kier alpha value is -1.15. The van der Waals surface area contributed by atoms with Crippen molar-refractivity contribution in [1.29, 1.82) is 0 Å². The predicted octanol–water partition coefficient (Wildman–Crippen LogP) is 1.64. The molecule has 0 aliphatic heterocycles. The number of rotatable bonds is 6. The number of aromatic carboxylic acids is 1. The van der Waals surface area contributed by atoms with E-state index in [9.17, 15) is 18.3 Å². The highest BCUT2D eigenvalue weighted by Crippen LogP contribution is 2.25. The molecule has 3 N–H and O–H groups in total. The van der Waals surface area contributed by atoms with Crippen LogP contribution in [0.1, 0.15) is 29.8 Å². The molecule has 0 saturated carbocycles. The van der Waals surface area contributed by atoms with Gasteiger partial charge in [-0.25, -0.2) is 17.9 Å².